The fourth-order valence-electron chi connectivity index (χ4n) is 3.45. The molecule has 0 saturated carbocycles. The van der Waals surface area contributed by atoms with Crippen molar-refractivity contribution in [3.63, 3.8) is 0 Å². The Kier molecular flexibility index (Phi) is 5.30. The second kappa shape index (κ2) is 7.65. The van der Waals surface area contributed by atoms with Crippen LogP contribution >= 0.6 is 0 Å². The van der Waals surface area contributed by atoms with Gasteiger partial charge in [-0.3, -0.25) is 9.59 Å². The molecule has 0 spiro atoms. The van der Waals surface area contributed by atoms with Crippen LogP contribution in [-0.2, 0) is 4.79 Å². The number of methoxy groups -OCH3 is 2. The summed E-state index contributed by atoms with van der Waals surface area (Å²) in [5, 5.41) is 9.57. The summed E-state index contributed by atoms with van der Waals surface area (Å²) >= 11 is 0. The molecule has 7 heteroatoms. The molecular formula is C20H20FNO5. The topological polar surface area (TPSA) is 76.1 Å². The second-order valence-electron chi connectivity index (χ2n) is 6.36. The minimum atomic E-state index is -0.980. The van der Waals surface area contributed by atoms with E-state index >= 15 is 0 Å². The van der Waals surface area contributed by atoms with Gasteiger partial charge in [0.15, 0.2) is 11.5 Å². The van der Waals surface area contributed by atoms with Crippen molar-refractivity contribution in [2.75, 3.05) is 27.3 Å². The van der Waals surface area contributed by atoms with Crippen LogP contribution in [0.5, 0.6) is 11.5 Å². The van der Waals surface area contributed by atoms with E-state index in [1.165, 1.54) is 25.2 Å². The third-order valence-corrected chi connectivity index (χ3v) is 4.86. The van der Waals surface area contributed by atoms with E-state index in [0.29, 0.717) is 0 Å². The number of rotatable bonds is 5. The van der Waals surface area contributed by atoms with Crippen LogP contribution in [0.3, 0.4) is 0 Å². The first-order valence-electron chi connectivity index (χ1n) is 8.44. The maximum Gasteiger partial charge on any atom is 0.308 e. The molecule has 27 heavy (non-hydrogen) atoms. The molecule has 2 aromatic rings. The van der Waals surface area contributed by atoms with Gasteiger partial charge < -0.3 is 19.5 Å². The zero-order valence-electron chi connectivity index (χ0n) is 15.0. The first-order valence-corrected chi connectivity index (χ1v) is 8.44. The Labute approximate surface area is 156 Å². The first kappa shape index (κ1) is 18.7. The summed E-state index contributed by atoms with van der Waals surface area (Å²) < 4.78 is 24.6. The Morgan fingerprint density at radius 3 is 2.30 bits per heavy atom. The van der Waals surface area contributed by atoms with Gasteiger partial charge in [-0.05, 0) is 11.6 Å². The largest absolute Gasteiger partial charge is 0.493 e. The maximum atomic E-state index is 14.4. The van der Waals surface area contributed by atoms with Gasteiger partial charge in [-0.2, -0.15) is 0 Å². The van der Waals surface area contributed by atoms with Crippen LogP contribution in [0, 0.1) is 11.7 Å². The Bertz CT molecular complexity index is 855. The van der Waals surface area contributed by atoms with Gasteiger partial charge in [-0.15, -0.1) is 0 Å². The molecule has 0 unspecified atom stereocenters. The standard InChI is InChI=1S/C20H20FNO5/c1-26-17-8-13(16(21)9-18(17)27-2)19(23)22-10-14(15(11-22)20(24)25)12-6-4-3-5-7-12/h3-9,14-15H,10-11H2,1-2H3,(H,24,25)/t14-,15-/m0/s1. The smallest absolute Gasteiger partial charge is 0.308 e. The second-order valence-corrected chi connectivity index (χ2v) is 6.36. The van der Waals surface area contributed by atoms with E-state index in [0.717, 1.165) is 11.6 Å². The van der Waals surface area contributed by atoms with Gasteiger partial charge in [0.25, 0.3) is 5.91 Å². The summed E-state index contributed by atoms with van der Waals surface area (Å²) in [6.45, 7) is 0.217. The molecule has 0 bridgehead atoms. The van der Waals surface area contributed by atoms with Crippen molar-refractivity contribution in [2.24, 2.45) is 5.92 Å². The van der Waals surface area contributed by atoms with Gasteiger partial charge in [0, 0.05) is 25.1 Å². The fourth-order valence-corrected chi connectivity index (χ4v) is 3.45. The summed E-state index contributed by atoms with van der Waals surface area (Å²) in [6.07, 6.45) is 0. The van der Waals surface area contributed by atoms with Gasteiger partial charge in [-0.25, -0.2) is 4.39 Å². The van der Waals surface area contributed by atoms with Crippen molar-refractivity contribution in [3.8, 4) is 11.5 Å². The van der Waals surface area contributed by atoms with E-state index in [4.69, 9.17) is 9.47 Å². The third-order valence-electron chi connectivity index (χ3n) is 4.86. The van der Waals surface area contributed by atoms with Crippen LogP contribution in [-0.4, -0.2) is 49.2 Å². The number of benzene rings is 2. The summed E-state index contributed by atoms with van der Waals surface area (Å²) in [7, 11) is 2.77. The lowest BCUT2D eigenvalue weighted by Crippen LogP contribution is -2.30. The van der Waals surface area contributed by atoms with Gasteiger partial charge in [-0.1, -0.05) is 30.3 Å². The van der Waals surface area contributed by atoms with Crippen LogP contribution in [0.1, 0.15) is 21.8 Å². The van der Waals surface area contributed by atoms with Crippen molar-refractivity contribution in [3.05, 3.63) is 59.4 Å². The average Bonchev–Trinajstić information content (AvgIpc) is 3.13. The van der Waals surface area contributed by atoms with Gasteiger partial charge in [0.05, 0.1) is 25.7 Å². The number of ether oxygens (including phenoxy) is 2. The van der Waals surface area contributed by atoms with E-state index in [9.17, 15) is 19.1 Å². The SMILES string of the molecule is COc1cc(F)c(C(=O)N2C[C@H](C(=O)O)[C@H](c3ccccc3)C2)cc1OC. The van der Waals surface area contributed by atoms with Crippen molar-refractivity contribution >= 4 is 11.9 Å². The molecule has 142 valence electrons. The lowest BCUT2D eigenvalue weighted by molar-refractivity contribution is -0.141. The summed E-state index contributed by atoms with van der Waals surface area (Å²) in [6, 6.07) is 11.5. The molecule has 1 amide bonds. The summed E-state index contributed by atoms with van der Waals surface area (Å²) in [5.74, 6) is -2.98. The highest BCUT2D eigenvalue weighted by Crippen LogP contribution is 2.35. The molecule has 1 aliphatic heterocycles. The Balaban J connectivity index is 1.91. The quantitative estimate of drug-likeness (QED) is 0.872. The number of carbonyl (C=O) groups excluding carboxylic acids is 1. The van der Waals surface area contributed by atoms with E-state index < -0.39 is 23.6 Å². The highest BCUT2D eigenvalue weighted by Gasteiger charge is 2.41. The Morgan fingerprint density at radius 1 is 1.07 bits per heavy atom. The lowest BCUT2D eigenvalue weighted by atomic mass is 9.89. The maximum absolute atomic E-state index is 14.4. The zero-order chi connectivity index (χ0) is 19.6. The van der Waals surface area contributed by atoms with Gasteiger partial charge >= 0.3 is 5.97 Å². The Morgan fingerprint density at radius 2 is 1.70 bits per heavy atom. The number of carboxylic acids is 1. The molecule has 1 N–H and O–H groups in total. The zero-order valence-corrected chi connectivity index (χ0v) is 15.0. The lowest BCUT2D eigenvalue weighted by Gasteiger charge is -2.18. The monoisotopic (exact) mass is 373 g/mol. The van der Waals surface area contributed by atoms with Crippen molar-refractivity contribution in [1.82, 2.24) is 4.90 Å². The van der Waals surface area contributed by atoms with Crippen molar-refractivity contribution in [2.45, 2.75) is 5.92 Å². The highest BCUT2D eigenvalue weighted by atomic mass is 19.1. The predicted molar refractivity (Wildman–Crippen MR) is 95.7 cm³/mol. The molecular weight excluding hydrogens is 353 g/mol. The number of hydrogen-bond donors (Lipinski definition) is 1. The average molecular weight is 373 g/mol. The number of carboxylic acid groups (broad SMARTS) is 1. The molecule has 2 atom stereocenters. The fraction of sp³-hybridized carbons (Fsp3) is 0.300. The van der Waals surface area contributed by atoms with Crippen molar-refractivity contribution < 1.29 is 28.6 Å². The first-order chi connectivity index (χ1) is 13.0. The van der Waals surface area contributed by atoms with E-state index in [1.807, 2.05) is 30.3 Å². The summed E-state index contributed by atoms with van der Waals surface area (Å²) in [4.78, 5) is 25.9. The number of hydrogen-bond acceptors (Lipinski definition) is 4. The summed E-state index contributed by atoms with van der Waals surface area (Å²) in [5.41, 5.74) is 0.665. The predicted octanol–water partition coefficient (Wildman–Crippen LogP) is 2.78. The molecule has 6 nitrogen and oxygen atoms in total. The van der Waals surface area contributed by atoms with Crippen molar-refractivity contribution in [1.29, 1.82) is 0 Å². The minimum Gasteiger partial charge on any atom is -0.493 e. The molecule has 1 heterocycles. The third kappa shape index (κ3) is 3.58. The molecule has 3 rings (SSSR count). The molecule has 1 aliphatic rings. The molecule has 0 aromatic heterocycles. The minimum absolute atomic E-state index is 0.0154. The van der Waals surface area contributed by atoms with E-state index in [2.05, 4.69) is 0 Å². The molecule has 0 radical (unpaired) electrons. The highest BCUT2D eigenvalue weighted by molar-refractivity contribution is 5.96. The Hall–Kier alpha value is -3.09. The van der Waals surface area contributed by atoms with Crippen LogP contribution in [0.15, 0.2) is 42.5 Å². The molecule has 0 aliphatic carbocycles. The molecule has 1 saturated heterocycles. The van der Waals surface area contributed by atoms with Crippen LogP contribution < -0.4 is 9.47 Å². The molecule has 1 fully saturated rings. The molecule has 2 aromatic carbocycles. The van der Waals surface area contributed by atoms with E-state index in [1.54, 1.807) is 0 Å². The normalized spacial score (nSPS) is 19.0. The van der Waals surface area contributed by atoms with Gasteiger partial charge in [0.1, 0.15) is 5.82 Å². The number of halogens is 1. The number of amides is 1. The number of likely N-dealkylation sites (tertiary alicyclic amines) is 1. The number of nitrogens with zero attached hydrogens (tertiary/aromatic N) is 1. The van der Waals surface area contributed by atoms with Gasteiger partial charge in [0.2, 0.25) is 0 Å². The van der Waals surface area contributed by atoms with Crippen LogP contribution in [0.4, 0.5) is 4.39 Å². The van der Waals surface area contributed by atoms with Crippen LogP contribution in [0.25, 0.3) is 0 Å². The van der Waals surface area contributed by atoms with E-state index in [-0.39, 0.29) is 36.1 Å². The van der Waals surface area contributed by atoms with Crippen LogP contribution in [0.2, 0.25) is 0 Å². The number of aliphatic carboxylic acids is 1. The number of carbonyl (C=O) groups is 2.